The van der Waals surface area contributed by atoms with Crippen LogP contribution in [-0.2, 0) is 9.59 Å². The van der Waals surface area contributed by atoms with Crippen molar-refractivity contribution < 1.29 is 9.59 Å². The van der Waals surface area contributed by atoms with Gasteiger partial charge >= 0.3 is 0 Å². The Balaban J connectivity index is 2.33. The smallest absolute Gasteiger partial charge is 0.239 e. The van der Waals surface area contributed by atoms with Gasteiger partial charge in [-0.3, -0.25) is 9.59 Å². The van der Waals surface area contributed by atoms with Gasteiger partial charge in [-0.2, -0.15) is 0 Å². The number of nitrogens with one attached hydrogen (secondary N) is 2. The van der Waals surface area contributed by atoms with Crippen molar-refractivity contribution in [2.45, 2.75) is 13.8 Å². The van der Waals surface area contributed by atoms with E-state index in [1.54, 1.807) is 13.8 Å². The minimum absolute atomic E-state index is 0.166. The maximum absolute atomic E-state index is 11.6. The number of anilines is 1. The Morgan fingerprint density at radius 1 is 1.22 bits per heavy atom. The second-order valence-electron chi connectivity index (χ2n) is 4.74. The number of hydrogen-bond donors (Lipinski definition) is 3. The Morgan fingerprint density at radius 2 is 1.83 bits per heavy atom. The zero-order valence-electron chi connectivity index (χ0n) is 10.7. The van der Waals surface area contributed by atoms with Crippen LogP contribution >= 0.6 is 0 Å². The van der Waals surface area contributed by atoms with Gasteiger partial charge in [-0.15, -0.1) is 0 Å². The van der Waals surface area contributed by atoms with Crippen molar-refractivity contribution in [3.63, 3.8) is 0 Å². The fourth-order valence-corrected chi connectivity index (χ4v) is 1.21. The Bertz CT molecular complexity index is 416. The van der Waals surface area contributed by atoms with Gasteiger partial charge in [-0.05, 0) is 26.0 Å². The van der Waals surface area contributed by atoms with Crippen molar-refractivity contribution in [3.8, 4) is 0 Å². The number of rotatable bonds is 6. The highest BCUT2D eigenvalue weighted by Gasteiger charge is 2.25. The monoisotopic (exact) mass is 249 g/mol. The third-order valence-electron chi connectivity index (χ3n) is 2.62. The average molecular weight is 249 g/mol. The highest BCUT2D eigenvalue weighted by Crippen LogP contribution is 2.11. The first-order valence-corrected chi connectivity index (χ1v) is 5.77. The first kappa shape index (κ1) is 14.0. The third-order valence-corrected chi connectivity index (χ3v) is 2.62. The van der Waals surface area contributed by atoms with E-state index in [1.165, 1.54) is 0 Å². The van der Waals surface area contributed by atoms with Crippen LogP contribution in [0.25, 0.3) is 0 Å². The van der Waals surface area contributed by atoms with Gasteiger partial charge in [0.1, 0.15) is 0 Å². The van der Waals surface area contributed by atoms with Gasteiger partial charge in [0.15, 0.2) is 0 Å². The number of nitrogens with two attached hydrogens (primary N) is 1. The van der Waals surface area contributed by atoms with Crippen LogP contribution in [0.1, 0.15) is 13.8 Å². The van der Waals surface area contributed by atoms with E-state index in [9.17, 15) is 9.59 Å². The molecule has 1 rings (SSSR count). The molecule has 0 radical (unpaired) electrons. The van der Waals surface area contributed by atoms with Gasteiger partial charge in [0.2, 0.25) is 11.8 Å². The standard InChI is InChI=1S/C13H19N3O2/c1-13(2,12(14)18)9-16-11(17)8-15-10-6-4-3-5-7-10/h3-7,15H,8-9H2,1-2H3,(H2,14,18)(H,16,17). The first-order chi connectivity index (χ1) is 8.42. The number of hydrogen-bond acceptors (Lipinski definition) is 3. The number of benzene rings is 1. The van der Waals surface area contributed by atoms with Gasteiger partial charge in [-0.25, -0.2) is 0 Å². The van der Waals surface area contributed by atoms with E-state index >= 15 is 0 Å². The van der Waals surface area contributed by atoms with E-state index in [4.69, 9.17) is 5.73 Å². The van der Waals surface area contributed by atoms with Crippen molar-refractivity contribution in [1.82, 2.24) is 5.32 Å². The highest BCUT2D eigenvalue weighted by atomic mass is 16.2. The molecule has 0 saturated carbocycles. The summed E-state index contributed by atoms with van der Waals surface area (Å²) >= 11 is 0. The SMILES string of the molecule is CC(C)(CNC(=O)CNc1ccccc1)C(N)=O. The topological polar surface area (TPSA) is 84.2 Å². The summed E-state index contributed by atoms with van der Waals surface area (Å²) in [5, 5.41) is 5.65. The maximum atomic E-state index is 11.6. The molecule has 0 atom stereocenters. The fourth-order valence-electron chi connectivity index (χ4n) is 1.21. The molecule has 98 valence electrons. The van der Waals surface area contributed by atoms with E-state index in [2.05, 4.69) is 10.6 Å². The number of primary amides is 1. The summed E-state index contributed by atoms with van der Waals surface area (Å²) in [6.07, 6.45) is 0. The number of para-hydroxylation sites is 1. The molecule has 2 amide bonds. The highest BCUT2D eigenvalue weighted by molar-refractivity contribution is 5.83. The molecule has 1 aromatic rings. The second kappa shape index (κ2) is 6.05. The lowest BCUT2D eigenvalue weighted by Gasteiger charge is -2.20. The fraction of sp³-hybridized carbons (Fsp3) is 0.385. The molecule has 0 fully saturated rings. The molecule has 0 bridgehead atoms. The Labute approximate surface area is 107 Å². The van der Waals surface area contributed by atoms with Crippen LogP contribution in [0, 0.1) is 5.41 Å². The number of carbonyl (C=O) groups is 2. The van der Waals surface area contributed by atoms with Crippen molar-refractivity contribution in [2.24, 2.45) is 11.1 Å². The van der Waals surface area contributed by atoms with Crippen LogP contribution < -0.4 is 16.4 Å². The summed E-state index contributed by atoms with van der Waals surface area (Å²) in [7, 11) is 0. The normalized spacial score (nSPS) is 10.8. The molecule has 0 aromatic heterocycles. The van der Waals surface area contributed by atoms with Crippen LogP contribution in [0.5, 0.6) is 0 Å². The Kier molecular flexibility index (Phi) is 4.71. The summed E-state index contributed by atoms with van der Waals surface area (Å²) in [6.45, 7) is 3.79. The summed E-state index contributed by atoms with van der Waals surface area (Å²) in [5.41, 5.74) is 5.36. The van der Waals surface area contributed by atoms with E-state index in [0.717, 1.165) is 5.69 Å². The van der Waals surface area contributed by atoms with Gasteiger partial charge in [0, 0.05) is 12.2 Å². The molecule has 4 N–H and O–H groups in total. The molecule has 0 spiro atoms. The second-order valence-corrected chi connectivity index (χ2v) is 4.74. The van der Waals surface area contributed by atoms with Crippen molar-refractivity contribution in [1.29, 1.82) is 0 Å². The van der Waals surface area contributed by atoms with Crippen LogP contribution in [0.15, 0.2) is 30.3 Å². The summed E-state index contributed by atoms with van der Waals surface area (Å²) < 4.78 is 0. The molecular weight excluding hydrogens is 230 g/mol. The zero-order chi connectivity index (χ0) is 13.6. The lowest BCUT2D eigenvalue weighted by atomic mass is 9.93. The first-order valence-electron chi connectivity index (χ1n) is 5.77. The third kappa shape index (κ3) is 4.45. The van der Waals surface area contributed by atoms with E-state index < -0.39 is 11.3 Å². The van der Waals surface area contributed by atoms with Crippen LogP contribution in [0.2, 0.25) is 0 Å². The molecule has 0 heterocycles. The minimum atomic E-state index is -0.734. The molecule has 1 aromatic carbocycles. The lowest BCUT2D eigenvalue weighted by molar-refractivity contribution is -0.126. The van der Waals surface area contributed by atoms with Gasteiger partial charge in [-0.1, -0.05) is 18.2 Å². The van der Waals surface area contributed by atoms with Gasteiger partial charge in [0.05, 0.1) is 12.0 Å². The molecule has 5 nitrogen and oxygen atoms in total. The predicted molar refractivity (Wildman–Crippen MR) is 70.9 cm³/mol. The van der Waals surface area contributed by atoms with Crippen LogP contribution in [0.3, 0.4) is 0 Å². The largest absolute Gasteiger partial charge is 0.376 e. The quantitative estimate of drug-likeness (QED) is 0.694. The van der Waals surface area contributed by atoms with Crippen molar-refractivity contribution in [3.05, 3.63) is 30.3 Å². The van der Waals surface area contributed by atoms with E-state index in [-0.39, 0.29) is 19.0 Å². The molecule has 0 unspecified atom stereocenters. The van der Waals surface area contributed by atoms with E-state index in [0.29, 0.717) is 0 Å². The Hall–Kier alpha value is -2.04. The van der Waals surface area contributed by atoms with Crippen LogP contribution in [0.4, 0.5) is 5.69 Å². The number of amides is 2. The molecule has 0 aliphatic rings. The minimum Gasteiger partial charge on any atom is -0.376 e. The predicted octanol–water partition coefficient (Wildman–Crippen LogP) is 0.726. The van der Waals surface area contributed by atoms with Crippen molar-refractivity contribution >= 4 is 17.5 Å². The zero-order valence-corrected chi connectivity index (χ0v) is 10.7. The summed E-state index contributed by atoms with van der Waals surface area (Å²) in [4.78, 5) is 22.6. The molecule has 0 saturated heterocycles. The maximum Gasteiger partial charge on any atom is 0.239 e. The van der Waals surface area contributed by atoms with Crippen molar-refractivity contribution in [2.75, 3.05) is 18.4 Å². The Morgan fingerprint density at radius 3 is 2.39 bits per heavy atom. The molecule has 0 aliphatic carbocycles. The lowest BCUT2D eigenvalue weighted by Crippen LogP contribution is -2.43. The molecular formula is C13H19N3O2. The van der Waals surface area contributed by atoms with Gasteiger partial charge < -0.3 is 16.4 Å². The molecule has 0 aliphatic heterocycles. The van der Waals surface area contributed by atoms with E-state index in [1.807, 2.05) is 30.3 Å². The number of carbonyl (C=O) groups excluding carboxylic acids is 2. The molecule has 5 heteroatoms. The molecule has 18 heavy (non-hydrogen) atoms. The average Bonchev–Trinajstić information content (AvgIpc) is 2.35. The van der Waals surface area contributed by atoms with Gasteiger partial charge in [0.25, 0.3) is 0 Å². The van der Waals surface area contributed by atoms with Crippen LogP contribution in [-0.4, -0.2) is 24.9 Å². The summed E-state index contributed by atoms with van der Waals surface area (Å²) in [6, 6.07) is 9.43. The summed E-state index contributed by atoms with van der Waals surface area (Å²) in [5.74, 6) is -0.605.